The van der Waals surface area contributed by atoms with Gasteiger partial charge in [0, 0.05) is 11.3 Å². The first-order chi connectivity index (χ1) is 13.0. The fourth-order valence-corrected chi connectivity index (χ4v) is 4.29. The van der Waals surface area contributed by atoms with Gasteiger partial charge in [0.15, 0.2) is 5.78 Å². The fourth-order valence-electron chi connectivity index (χ4n) is 3.03. The maximum Gasteiger partial charge on any atom is 0.248 e. The maximum absolute atomic E-state index is 13.0. The summed E-state index contributed by atoms with van der Waals surface area (Å²) in [6.45, 7) is 6.90. The Kier molecular flexibility index (Phi) is 6.61. The van der Waals surface area contributed by atoms with Crippen molar-refractivity contribution in [3.05, 3.63) is 59.2 Å². The van der Waals surface area contributed by atoms with Crippen molar-refractivity contribution in [1.82, 2.24) is 0 Å². The highest BCUT2D eigenvalue weighted by atomic mass is 32.2. The van der Waals surface area contributed by atoms with Gasteiger partial charge in [0.1, 0.15) is 6.04 Å². The Morgan fingerprint density at radius 1 is 1.11 bits per heavy atom. The van der Waals surface area contributed by atoms with Gasteiger partial charge in [-0.3, -0.25) is 13.9 Å². The Labute approximate surface area is 166 Å². The number of aryl methyl sites for hydroxylation is 2. The molecule has 0 bridgehead atoms. The number of amides is 1. The van der Waals surface area contributed by atoms with E-state index in [1.807, 2.05) is 26.0 Å². The van der Waals surface area contributed by atoms with E-state index in [1.165, 1.54) is 11.2 Å². The summed E-state index contributed by atoms with van der Waals surface area (Å²) in [5.74, 6) is -0.564. The summed E-state index contributed by atoms with van der Waals surface area (Å²) < 4.78 is 26.4. The van der Waals surface area contributed by atoms with E-state index in [0.29, 0.717) is 23.4 Å². The topological polar surface area (TPSA) is 83.6 Å². The van der Waals surface area contributed by atoms with E-state index < -0.39 is 22.0 Å². The van der Waals surface area contributed by atoms with Crippen LogP contribution in [-0.2, 0) is 14.8 Å². The molecule has 0 aliphatic rings. The minimum absolute atomic E-state index is 0.115. The fraction of sp³-hybridized carbons (Fsp3) is 0.333. The Morgan fingerprint density at radius 3 is 2.36 bits per heavy atom. The lowest BCUT2D eigenvalue weighted by Gasteiger charge is -2.31. The minimum atomic E-state index is -3.71. The highest BCUT2D eigenvalue weighted by Gasteiger charge is 2.32. The number of nitrogens with one attached hydrogen (secondary N) is 1. The molecule has 1 unspecified atom stereocenters. The summed E-state index contributed by atoms with van der Waals surface area (Å²) in [7, 11) is -3.71. The average molecular weight is 403 g/mol. The quantitative estimate of drug-likeness (QED) is 0.716. The lowest BCUT2D eigenvalue weighted by Crippen LogP contribution is -2.47. The number of benzene rings is 2. The van der Waals surface area contributed by atoms with Crippen molar-refractivity contribution in [2.45, 2.75) is 40.2 Å². The molecule has 0 aliphatic heterocycles. The molecule has 2 aromatic rings. The average Bonchev–Trinajstić information content (AvgIpc) is 2.61. The second-order valence-electron chi connectivity index (χ2n) is 6.90. The molecular formula is C21H26N2O4S. The van der Waals surface area contributed by atoms with Crippen LogP contribution in [0.3, 0.4) is 0 Å². The second kappa shape index (κ2) is 8.56. The van der Waals surface area contributed by atoms with E-state index in [2.05, 4.69) is 5.32 Å². The Hall–Kier alpha value is -2.67. The van der Waals surface area contributed by atoms with Crippen LogP contribution in [0.2, 0.25) is 0 Å². The Morgan fingerprint density at radius 2 is 1.79 bits per heavy atom. The molecule has 0 aliphatic carbocycles. The van der Waals surface area contributed by atoms with E-state index in [9.17, 15) is 18.0 Å². The number of hydrogen-bond donors (Lipinski definition) is 1. The van der Waals surface area contributed by atoms with Crippen molar-refractivity contribution in [2.24, 2.45) is 0 Å². The van der Waals surface area contributed by atoms with Crippen LogP contribution in [0.5, 0.6) is 0 Å². The molecular weight excluding hydrogens is 376 g/mol. The molecule has 0 radical (unpaired) electrons. The van der Waals surface area contributed by atoms with Crippen LogP contribution in [-0.4, -0.2) is 32.4 Å². The number of sulfonamides is 1. The molecule has 2 aromatic carbocycles. The normalized spacial score (nSPS) is 12.3. The zero-order valence-electron chi connectivity index (χ0n) is 16.8. The molecule has 2 rings (SSSR count). The summed E-state index contributed by atoms with van der Waals surface area (Å²) in [6.07, 6.45) is 1.39. The smallest absolute Gasteiger partial charge is 0.248 e. The molecule has 0 fully saturated rings. The van der Waals surface area contributed by atoms with Crippen molar-refractivity contribution >= 4 is 33.1 Å². The molecule has 1 amide bonds. The molecule has 1 N–H and O–H groups in total. The molecule has 0 saturated carbocycles. The number of hydrogen-bond acceptors (Lipinski definition) is 4. The zero-order valence-corrected chi connectivity index (χ0v) is 17.6. The van der Waals surface area contributed by atoms with Crippen molar-refractivity contribution in [3.8, 4) is 0 Å². The number of anilines is 2. The third-order valence-electron chi connectivity index (χ3n) is 4.47. The number of rotatable bonds is 7. The molecule has 0 aromatic heterocycles. The monoisotopic (exact) mass is 402 g/mol. The summed E-state index contributed by atoms with van der Waals surface area (Å²) >= 11 is 0. The van der Waals surface area contributed by atoms with Gasteiger partial charge >= 0.3 is 0 Å². The number of ketones is 1. The molecule has 0 heterocycles. The second-order valence-corrected chi connectivity index (χ2v) is 8.76. The van der Waals surface area contributed by atoms with Gasteiger partial charge in [-0.25, -0.2) is 8.42 Å². The minimum Gasteiger partial charge on any atom is -0.324 e. The summed E-state index contributed by atoms with van der Waals surface area (Å²) in [5.41, 5.74) is 3.08. The standard InChI is InChI=1S/C21H26N2O4S/c1-6-19(21(25)22-18-9-7-8-17(13-18)16(4)24)23(28(5,26)27)20-12-14(2)10-11-15(20)3/h7-13,19H,6H2,1-5H3,(H,22,25). The first-order valence-corrected chi connectivity index (χ1v) is 10.9. The predicted octanol–water partition coefficient (Wildman–Crippen LogP) is 3.69. The highest BCUT2D eigenvalue weighted by Crippen LogP contribution is 2.28. The SMILES string of the molecule is CCC(C(=O)Nc1cccc(C(C)=O)c1)N(c1cc(C)ccc1C)S(C)(=O)=O. The number of Topliss-reactive ketones (excluding diaryl/α,β-unsaturated/α-hetero) is 1. The van der Waals surface area contributed by atoms with Gasteiger partial charge in [-0.15, -0.1) is 0 Å². The molecule has 0 saturated heterocycles. The Balaban J connectivity index is 2.44. The van der Waals surface area contributed by atoms with Crippen molar-refractivity contribution in [3.63, 3.8) is 0 Å². The van der Waals surface area contributed by atoms with Gasteiger partial charge in [-0.1, -0.05) is 31.2 Å². The van der Waals surface area contributed by atoms with Crippen molar-refractivity contribution in [1.29, 1.82) is 0 Å². The number of carbonyl (C=O) groups is 2. The predicted molar refractivity (Wildman–Crippen MR) is 112 cm³/mol. The highest BCUT2D eigenvalue weighted by molar-refractivity contribution is 7.92. The first kappa shape index (κ1) is 21.6. The van der Waals surface area contributed by atoms with Gasteiger partial charge < -0.3 is 5.32 Å². The Bertz CT molecular complexity index is 999. The lowest BCUT2D eigenvalue weighted by atomic mass is 10.1. The summed E-state index contributed by atoms with van der Waals surface area (Å²) in [5, 5.41) is 2.75. The molecule has 1 atom stereocenters. The van der Waals surface area contributed by atoms with Crippen LogP contribution >= 0.6 is 0 Å². The van der Waals surface area contributed by atoms with Gasteiger partial charge in [-0.2, -0.15) is 0 Å². The maximum atomic E-state index is 13.0. The number of carbonyl (C=O) groups excluding carboxylic acids is 2. The summed E-state index contributed by atoms with van der Waals surface area (Å²) in [6, 6.07) is 11.2. The van der Waals surface area contributed by atoms with Crippen LogP contribution in [0.4, 0.5) is 11.4 Å². The van der Waals surface area contributed by atoms with Crippen molar-refractivity contribution < 1.29 is 18.0 Å². The van der Waals surface area contributed by atoms with Gasteiger partial charge in [0.05, 0.1) is 11.9 Å². The molecule has 6 nitrogen and oxygen atoms in total. The van der Waals surface area contributed by atoms with Gasteiger partial charge in [0.2, 0.25) is 15.9 Å². The van der Waals surface area contributed by atoms with E-state index in [-0.39, 0.29) is 5.78 Å². The molecule has 28 heavy (non-hydrogen) atoms. The molecule has 7 heteroatoms. The van der Waals surface area contributed by atoms with Crippen LogP contribution in [0.25, 0.3) is 0 Å². The number of nitrogens with zero attached hydrogens (tertiary/aromatic N) is 1. The van der Waals surface area contributed by atoms with E-state index in [0.717, 1.165) is 17.4 Å². The lowest BCUT2D eigenvalue weighted by molar-refractivity contribution is -0.117. The zero-order chi connectivity index (χ0) is 21.1. The third kappa shape index (κ3) is 4.98. The van der Waals surface area contributed by atoms with Crippen LogP contribution in [0, 0.1) is 13.8 Å². The third-order valence-corrected chi connectivity index (χ3v) is 5.63. The molecule has 150 valence electrons. The van der Waals surface area contributed by atoms with Gasteiger partial charge in [0.25, 0.3) is 0 Å². The van der Waals surface area contributed by atoms with Crippen molar-refractivity contribution in [2.75, 3.05) is 15.9 Å². The molecule has 0 spiro atoms. The van der Waals surface area contributed by atoms with Crippen LogP contribution in [0.1, 0.15) is 41.8 Å². The van der Waals surface area contributed by atoms with Gasteiger partial charge in [-0.05, 0) is 56.5 Å². The van der Waals surface area contributed by atoms with Crippen LogP contribution in [0.15, 0.2) is 42.5 Å². The van der Waals surface area contributed by atoms with E-state index in [4.69, 9.17) is 0 Å². The van der Waals surface area contributed by atoms with E-state index in [1.54, 1.807) is 37.3 Å². The largest absolute Gasteiger partial charge is 0.324 e. The van der Waals surface area contributed by atoms with E-state index >= 15 is 0 Å². The first-order valence-electron chi connectivity index (χ1n) is 9.03. The van der Waals surface area contributed by atoms with Crippen LogP contribution < -0.4 is 9.62 Å². The summed E-state index contributed by atoms with van der Waals surface area (Å²) in [4.78, 5) is 24.5.